The third-order valence-electron chi connectivity index (χ3n) is 1.63. The van der Waals surface area contributed by atoms with Crippen LogP contribution >= 0.6 is 0 Å². The van der Waals surface area contributed by atoms with Gasteiger partial charge in [0.05, 0.1) is 16.8 Å². The summed E-state index contributed by atoms with van der Waals surface area (Å²) in [6, 6.07) is 5.66. The molecule has 0 saturated carbocycles. The molecule has 1 heterocycles. The normalized spacial score (nSPS) is 10.5. The molecule has 0 aliphatic rings. The van der Waals surface area contributed by atoms with Gasteiger partial charge < -0.3 is 10.7 Å². The van der Waals surface area contributed by atoms with E-state index in [1.165, 1.54) is 0 Å². The second-order valence-electron chi connectivity index (χ2n) is 2.60. The minimum Gasteiger partial charge on any atom is -0.399 e. The van der Waals surface area contributed by atoms with Crippen molar-refractivity contribution < 1.29 is 0 Å². The molecule has 2 aromatic rings. The lowest BCUT2D eigenvalue weighted by molar-refractivity contribution is 1.44. The topological polar surface area (TPSA) is 54.7 Å². The van der Waals surface area contributed by atoms with E-state index < -0.39 is 0 Å². The molecule has 11 heavy (non-hydrogen) atoms. The number of hydrogen-bond acceptors (Lipinski definition) is 2. The lowest BCUT2D eigenvalue weighted by Crippen LogP contribution is -2.04. The van der Waals surface area contributed by atoms with Crippen LogP contribution in [-0.2, 0) is 0 Å². The number of anilines is 1. The average molecular weight is 145 g/mol. The van der Waals surface area contributed by atoms with Crippen LogP contribution in [0.15, 0.2) is 18.2 Å². The van der Waals surface area contributed by atoms with E-state index in [0.717, 1.165) is 22.4 Å². The molecule has 0 aliphatic carbocycles. The first-order valence-electron chi connectivity index (χ1n) is 3.47. The van der Waals surface area contributed by atoms with E-state index in [4.69, 9.17) is 5.73 Å². The van der Waals surface area contributed by atoms with Crippen molar-refractivity contribution in [1.82, 2.24) is 9.97 Å². The highest BCUT2D eigenvalue weighted by molar-refractivity contribution is 6.30. The standard InChI is InChI=1S/C7H8BN3/c8-7-10-5-2-1-4(9)3-6(5)11-7/h1-3H,8-9H2,(H,10,11). The van der Waals surface area contributed by atoms with E-state index >= 15 is 0 Å². The van der Waals surface area contributed by atoms with Crippen molar-refractivity contribution in [3.63, 3.8) is 0 Å². The number of benzene rings is 1. The van der Waals surface area contributed by atoms with Crippen LogP contribution in [0.2, 0.25) is 0 Å². The number of aromatic nitrogens is 2. The van der Waals surface area contributed by atoms with E-state index in [1.54, 1.807) is 0 Å². The number of rotatable bonds is 0. The fraction of sp³-hybridized carbons (Fsp3) is 0. The Labute approximate surface area is 65.0 Å². The molecule has 0 bridgehead atoms. The Kier molecular flexibility index (Phi) is 1.15. The Hall–Kier alpha value is -1.45. The van der Waals surface area contributed by atoms with Gasteiger partial charge in [0.25, 0.3) is 0 Å². The van der Waals surface area contributed by atoms with Gasteiger partial charge in [0.2, 0.25) is 0 Å². The van der Waals surface area contributed by atoms with Gasteiger partial charge >= 0.3 is 0 Å². The van der Waals surface area contributed by atoms with Gasteiger partial charge in [-0.05, 0) is 18.2 Å². The zero-order chi connectivity index (χ0) is 7.84. The van der Waals surface area contributed by atoms with E-state index in [2.05, 4.69) is 9.97 Å². The number of nitrogens with zero attached hydrogens (tertiary/aromatic N) is 1. The molecule has 0 atom stereocenters. The monoisotopic (exact) mass is 145 g/mol. The van der Waals surface area contributed by atoms with Crippen LogP contribution in [0, 0.1) is 0 Å². The molecule has 0 spiro atoms. The van der Waals surface area contributed by atoms with Crippen LogP contribution in [0.25, 0.3) is 11.0 Å². The van der Waals surface area contributed by atoms with Crippen molar-refractivity contribution in [3.8, 4) is 0 Å². The molecule has 0 fully saturated rings. The summed E-state index contributed by atoms with van der Waals surface area (Å²) in [6.45, 7) is 0. The van der Waals surface area contributed by atoms with Crippen molar-refractivity contribution in [2.45, 2.75) is 0 Å². The number of nitrogens with one attached hydrogen (secondary N) is 1. The van der Waals surface area contributed by atoms with Crippen LogP contribution in [0.5, 0.6) is 0 Å². The predicted octanol–water partition coefficient (Wildman–Crippen LogP) is -0.597. The number of fused-ring (bicyclic) bond motifs is 1. The molecule has 2 rings (SSSR count). The first kappa shape index (κ1) is 6.28. The highest BCUT2D eigenvalue weighted by Crippen LogP contribution is 2.11. The van der Waals surface area contributed by atoms with Gasteiger partial charge in [0.1, 0.15) is 0 Å². The van der Waals surface area contributed by atoms with Crippen molar-refractivity contribution in [3.05, 3.63) is 18.2 Å². The Morgan fingerprint density at radius 1 is 1.45 bits per heavy atom. The molecule has 3 N–H and O–H groups in total. The molecule has 4 heteroatoms. The van der Waals surface area contributed by atoms with Gasteiger partial charge in [0, 0.05) is 5.69 Å². The molecule has 1 aromatic carbocycles. The summed E-state index contributed by atoms with van der Waals surface area (Å²) in [7, 11) is 1.93. The number of nitrogen functional groups attached to an aromatic ring is 1. The maximum atomic E-state index is 5.58. The van der Waals surface area contributed by atoms with Crippen molar-refractivity contribution in [2.24, 2.45) is 0 Å². The molecule has 0 radical (unpaired) electrons. The molecular weight excluding hydrogens is 137 g/mol. The van der Waals surface area contributed by atoms with Crippen LogP contribution < -0.4 is 11.5 Å². The van der Waals surface area contributed by atoms with E-state index in [-0.39, 0.29) is 0 Å². The average Bonchev–Trinajstić information content (AvgIpc) is 2.27. The number of imidazole rings is 1. The van der Waals surface area contributed by atoms with Crippen LogP contribution in [0.3, 0.4) is 0 Å². The summed E-state index contributed by atoms with van der Waals surface area (Å²) in [6.07, 6.45) is 0. The first-order valence-corrected chi connectivity index (χ1v) is 3.47. The van der Waals surface area contributed by atoms with Gasteiger partial charge in [0.15, 0.2) is 7.85 Å². The predicted molar refractivity (Wildman–Crippen MR) is 48.7 cm³/mol. The van der Waals surface area contributed by atoms with Gasteiger partial charge in [-0.2, -0.15) is 0 Å². The van der Waals surface area contributed by atoms with E-state index in [0.29, 0.717) is 0 Å². The Bertz CT molecular complexity index is 393. The maximum Gasteiger partial charge on any atom is 0.186 e. The molecule has 0 aliphatic heterocycles. The van der Waals surface area contributed by atoms with Crippen molar-refractivity contribution >= 4 is 30.3 Å². The molecule has 54 valence electrons. The largest absolute Gasteiger partial charge is 0.399 e. The fourth-order valence-electron chi connectivity index (χ4n) is 1.15. The SMILES string of the molecule is Bc1nc2cc(N)ccc2[nH]1. The van der Waals surface area contributed by atoms with E-state index in [1.807, 2.05) is 26.0 Å². The number of nitrogens with two attached hydrogens (primary N) is 1. The summed E-state index contributed by atoms with van der Waals surface area (Å²) < 4.78 is 0. The second-order valence-corrected chi connectivity index (χ2v) is 2.60. The Balaban J connectivity index is 2.82. The number of aromatic amines is 1. The molecular formula is C7H8BN3. The number of hydrogen-bond donors (Lipinski definition) is 2. The fourth-order valence-corrected chi connectivity index (χ4v) is 1.15. The number of H-pyrrole nitrogens is 1. The second kappa shape index (κ2) is 2.02. The Morgan fingerprint density at radius 2 is 2.27 bits per heavy atom. The minimum atomic E-state index is 0.754. The lowest BCUT2D eigenvalue weighted by Gasteiger charge is -1.89. The third-order valence-corrected chi connectivity index (χ3v) is 1.63. The molecule has 1 aromatic heterocycles. The quantitative estimate of drug-likeness (QED) is 0.384. The zero-order valence-corrected chi connectivity index (χ0v) is 6.26. The maximum absolute atomic E-state index is 5.58. The summed E-state index contributed by atoms with van der Waals surface area (Å²) in [5, 5.41) is 0. The zero-order valence-electron chi connectivity index (χ0n) is 6.26. The smallest absolute Gasteiger partial charge is 0.186 e. The van der Waals surface area contributed by atoms with Crippen LogP contribution in [0.4, 0.5) is 5.69 Å². The molecule has 0 saturated heterocycles. The minimum absolute atomic E-state index is 0.754. The van der Waals surface area contributed by atoms with E-state index in [9.17, 15) is 0 Å². The highest BCUT2D eigenvalue weighted by atomic mass is 14.9. The third kappa shape index (κ3) is 0.961. The lowest BCUT2D eigenvalue weighted by atomic mass is 10.1. The van der Waals surface area contributed by atoms with Crippen LogP contribution in [-0.4, -0.2) is 17.8 Å². The summed E-state index contributed by atoms with van der Waals surface area (Å²) in [5.41, 5.74) is 9.23. The first-order chi connectivity index (χ1) is 5.25. The molecule has 3 nitrogen and oxygen atoms in total. The van der Waals surface area contributed by atoms with Gasteiger partial charge in [-0.15, -0.1) is 0 Å². The molecule has 0 amide bonds. The highest BCUT2D eigenvalue weighted by Gasteiger charge is 1.97. The summed E-state index contributed by atoms with van der Waals surface area (Å²) in [5.74, 6) is 0. The summed E-state index contributed by atoms with van der Waals surface area (Å²) in [4.78, 5) is 7.36. The van der Waals surface area contributed by atoms with Crippen LogP contribution in [0.1, 0.15) is 0 Å². The van der Waals surface area contributed by atoms with Gasteiger partial charge in [-0.3, -0.25) is 0 Å². The Morgan fingerprint density at radius 3 is 3.09 bits per heavy atom. The van der Waals surface area contributed by atoms with Gasteiger partial charge in [-0.1, -0.05) is 0 Å². The molecule has 0 unspecified atom stereocenters. The van der Waals surface area contributed by atoms with Crippen molar-refractivity contribution in [2.75, 3.05) is 5.73 Å². The van der Waals surface area contributed by atoms with Gasteiger partial charge in [-0.25, -0.2) is 4.98 Å². The summed E-state index contributed by atoms with van der Waals surface area (Å²) >= 11 is 0. The van der Waals surface area contributed by atoms with Crippen molar-refractivity contribution in [1.29, 1.82) is 0 Å².